The Hall–Kier alpha value is -3.67. The van der Waals surface area contributed by atoms with E-state index in [1.807, 2.05) is 24.3 Å². The Kier molecular flexibility index (Phi) is 4.30. The van der Waals surface area contributed by atoms with E-state index in [9.17, 15) is 4.79 Å². The number of aromatic nitrogens is 2. The number of benzene rings is 3. The van der Waals surface area contributed by atoms with Gasteiger partial charge in [-0.05, 0) is 42.5 Å². The molecule has 0 spiro atoms. The highest BCUT2D eigenvalue weighted by atomic mass is 16.5. The number of nitrogens with one attached hydrogen (secondary N) is 1. The second-order valence-corrected chi connectivity index (χ2v) is 5.94. The molecule has 0 aliphatic rings. The maximum atomic E-state index is 12.6. The lowest BCUT2D eigenvalue weighted by atomic mass is 10.1. The Morgan fingerprint density at radius 3 is 2.15 bits per heavy atom. The van der Waals surface area contributed by atoms with Crippen molar-refractivity contribution < 1.29 is 14.3 Å². The van der Waals surface area contributed by atoms with Crippen LogP contribution < -0.4 is 14.8 Å². The first-order valence-corrected chi connectivity index (χ1v) is 8.38. The van der Waals surface area contributed by atoms with Gasteiger partial charge >= 0.3 is 0 Å². The minimum absolute atomic E-state index is 0.237. The van der Waals surface area contributed by atoms with Crippen LogP contribution in [0.5, 0.6) is 11.5 Å². The van der Waals surface area contributed by atoms with Crippen molar-refractivity contribution >= 4 is 33.7 Å². The molecule has 134 valence electrons. The molecule has 0 unspecified atom stereocenters. The summed E-state index contributed by atoms with van der Waals surface area (Å²) in [6.45, 7) is 0. The number of methoxy groups -OCH3 is 2. The van der Waals surface area contributed by atoms with Gasteiger partial charge < -0.3 is 14.8 Å². The van der Waals surface area contributed by atoms with E-state index >= 15 is 0 Å². The van der Waals surface area contributed by atoms with Crippen molar-refractivity contribution in [3.63, 3.8) is 0 Å². The van der Waals surface area contributed by atoms with Gasteiger partial charge in [-0.1, -0.05) is 12.1 Å². The summed E-state index contributed by atoms with van der Waals surface area (Å²) in [7, 11) is 3.12. The Labute approximate surface area is 155 Å². The minimum atomic E-state index is -0.237. The monoisotopic (exact) mass is 359 g/mol. The molecule has 1 amide bonds. The topological polar surface area (TPSA) is 73.3 Å². The van der Waals surface area contributed by atoms with Gasteiger partial charge in [-0.25, -0.2) is 9.97 Å². The molecule has 6 nitrogen and oxygen atoms in total. The molecule has 0 atom stereocenters. The summed E-state index contributed by atoms with van der Waals surface area (Å²) in [6.07, 6.45) is 0. The van der Waals surface area contributed by atoms with Crippen LogP contribution in [0.3, 0.4) is 0 Å². The number of para-hydroxylation sites is 2. The molecular formula is C21H17N3O3. The minimum Gasteiger partial charge on any atom is -0.493 e. The van der Waals surface area contributed by atoms with E-state index in [0.717, 1.165) is 16.6 Å². The van der Waals surface area contributed by atoms with Gasteiger partial charge in [0.25, 0.3) is 5.91 Å². The quantitative estimate of drug-likeness (QED) is 0.557. The number of anilines is 1. The largest absolute Gasteiger partial charge is 0.493 e. The zero-order chi connectivity index (χ0) is 18.8. The lowest BCUT2D eigenvalue weighted by Gasteiger charge is -2.11. The number of hydrogen-bond acceptors (Lipinski definition) is 5. The highest BCUT2D eigenvalue weighted by Gasteiger charge is 2.11. The van der Waals surface area contributed by atoms with E-state index in [1.165, 1.54) is 0 Å². The maximum Gasteiger partial charge on any atom is 0.255 e. The number of ether oxygens (including phenoxy) is 2. The van der Waals surface area contributed by atoms with Crippen LogP contribution in [-0.4, -0.2) is 30.1 Å². The molecule has 1 aromatic heterocycles. The predicted molar refractivity (Wildman–Crippen MR) is 105 cm³/mol. The average molecular weight is 359 g/mol. The molecule has 1 N–H and O–H groups in total. The predicted octanol–water partition coefficient (Wildman–Crippen LogP) is 4.05. The third-order valence-corrected chi connectivity index (χ3v) is 4.24. The van der Waals surface area contributed by atoms with Crippen LogP contribution in [0.15, 0.2) is 60.7 Å². The molecule has 0 saturated heterocycles. The Balaban J connectivity index is 1.65. The van der Waals surface area contributed by atoms with Crippen molar-refractivity contribution in [2.45, 2.75) is 0 Å². The van der Waals surface area contributed by atoms with Crippen LogP contribution in [0.4, 0.5) is 5.69 Å². The first-order valence-electron chi connectivity index (χ1n) is 8.38. The average Bonchev–Trinajstić information content (AvgIpc) is 2.71. The molecule has 4 rings (SSSR count). The van der Waals surface area contributed by atoms with Crippen molar-refractivity contribution in [3.8, 4) is 11.5 Å². The van der Waals surface area contributed by atoms with E-state index in [1.54, 1.807) is 50.6 Å². The van der Waals surface area contributed by atoms with Crippen LogP contribution in [0, 0.1) is 0 Å². The standard InChI is InChI=1S/C21H17N3O3/c1-26-19-10-8-14(12-20(19)27-2)22-21(25)13-7-9-17-18(11-13)24-16-6-4-3-5-15(16)23-17/h3-12H,1-2H3,(H,22,25). The number of nitrogens with zero attached hydrogens (tertiary/aromatic N) is 2. The molecule has 0 bridgehead atoms. The number of amides is 1. The summed E-state index contributed by atoms with van der Waals surface area (Å²) in [5.74, 6) is 0.911. The second kappa shape index (κ2) is 6.92. The van der Waals surface area contributed by atoms with Gasteiger partial charge in [-0.2, -0.15) is 0 Å². The number of rotatable bonds is 4. The van der Waals surface area contributed by atoms with Gasteiger partial charge in [0.2, 0.25) is 0 Å². The molecule has 0 saturated carbocycles. The summed E-state index contributed by atoms with van der Waals surface area (Å²) in [5.41, 5.74) is 4.16. The molecule has 0 aliphatic heterocycles. The summed E-state index contributed by atoms with van der Waals surface area (Å²) < 4.78 is 10.5. The molecule has 0 aliphatic carbocycles. The number of hydrogen-bond donors (Lipinski definition) is 1. The summed E-state index contributed by atoms with van der Waals surface area (Å²) >= 11 is 0. The SMILES string of the molecule is COc1ccc(NC(=O)c2ccc3nc4ccccc4nc3c2)cc1OC. The normalized spacial score (nSPS) is 10.7. The molecule has 3 aromatic carbocycles. The van der Waals surface area contributed by atoms with Crippen LogP contribution in [-0.2, 0) is 0 Å². The Bertz CT molecular complexity index is 1160. The van der Waals surface area contributed by atoms with Gasteiger partial charge in [0.1, 0.15) is 0 Å². The van der Waals surface area contributed by atoms with E-state index in [4.69, 9.17) is 9.47 Å². The zero-order valence-corrected chi connectivity index (χ0v) is 14.9. The lowest BCUT2D eigenvalue weighted by Crippen LogP contribution is -2.12. The molecular weight excluding hydrogens is 342 g/mol. The second-order valence-electron chi connectivity index (χ2n) is 5.94. The smallest absolute Gasteiger partial charge is 0.255 e. The first kappa shape index (κ1) is 16.8. The van der Waals surface area contributed by atoms with E-state index in [-0.39, 0.29) is 5.91 Å². The van der Waals surface area contributed by atoms with Gasteiger partial charge in [-0.15, -0.1) is 0 Å². The van der Waals surface area contributed by atoms with E-state index in [2.05, 4.69) is 15.3 Å². The number of fused-ring (bicyclic) bond motifs is 2. The highest BCUT2D eigenvalue weighted by Crippen LogP contribution is 2.30. The third kappa shape index (κ3) is 3.25. The first-order chi connectivity index (χ1) is 13.2. The highest BCUT2D eigenvalue weighted by molar-refractivity contribution is 6.06. The van der Waals surface area contributed by atoms with Crippen LogP contribution >= 0.6 is 0 Å². The van der Waals surface area contributed by atoms with Crippen molar-refractivity contribution in [2.75, 3.05) is 19.5 Å². The lowest BCUT2D eigenvalue weighted by molar-refractivity contribution is 0.102. The summed E-state index contributed by atoms with van der Waals surface area (Å²) in [4.78, 5) is 21.8. The van der Waals surface area contributed by atoms with Gasteiger partial charge in [0.05, 0.1) is 36.3 Å². The molecule has 0 fully saturated rings. The van der Waals surface area contributed by atoms with E-state index in [0.29, 0.717) is 28.3 Å². The third-order valence-electron chi connectivity index (χ3n) is 4.24. The molecule has 1 heterocycles. The van der Waals surface area contributed by atoms with Crippen LogP contribution in [0.25, 0.3) is 22.1 Å². The zero-order valence-electron chi connectivity index (χ0n) is 14.9. The van der Waals surface area contributed by atoms with E-state index < -0.39 is 0 Å². The van der Waals surface area contributed by atoms with Crippen LogP contribution in [0.2, 0.25) is 0 Å². The van der Waals surface area contributed by atoms with Crippen molar-refractivity contribution in [3.05, 3.63) is 66.2 Å². The van der Waals surface area contributed by atoms with Crippen molar-refractivity contribution in [2.24, 2.45) is 0 Å². The molecule has 0 radical (unpaired) electrons. The Morgan fingerprint density at radius 1 is 0.778 bits per heavy atom. The number of carbonyl (C=O) groups is 1. The molecule has 27 heavy (non-hydrogen) atoms. The van der Waals surface area contributed by atoms with Gasteiger partial charge in [-0.3, -0.25) is 4.79 Å². The Morgan fingerprint density at radius 2 is 1.44 bits per heavy atom. The van der Waals surface area contributed by atoms with Crippen molar-refractivity contribution in [1.82, 2.24) is 9.97 Å². The fourth-order valence-corrected chi connectivity index (χ4v) is 2.88. The summed E-state index contributed by atoms with van der Waals surface area (Å²) in [5, 5.41) is 2.86. The van der Waals surface area contributed by atoms with Crippen LogP contribution in [0.1, 0.15) is 10.4 Å². The maximum absolute atomic E-state index is 12.6. The van der Waals surface area contributed by atoms with Gasteiger partial charge in [0.15, 0.2) is 11.5 Å². The van der Waals surface area contributed by atoms with Crippen molar-refractivity contribution in [1.29, 1.82) is 0 Å². The van der Waals surface area contributed by atoms with Gasteiger partial charge in [0, 0.05) is 17.3 Å². The number of carbonyl (C=O) groups excluding carboxylic acids is 1. The summed E-state index contributed by atoms with van der Waals surface area (Å²) in [6, 6.07) is 18.2. The molecule has 4 aromatic rings. The molecule has 6 heteroatoms. The fourth-order valence-electron chi connectivity index (χ4n) is 2.88. The fraction of sp³-hybridized carbons (Fsp3) is 0.0952.